The fourth-order valence-electron chi connectivity index (χ4n) is 5.15. The molecule has 0 aliphatic carbocycles. The van der Waals surface area contributed by atoms with Crippen molar-refractivity contribution in [2.24, 2.45) is 5.92 Å². The topological polar surface area (TPSA) is 123 Å². The minimum Gasteiger partial charge on any atom is -0.489 e. The highest BCUT2D eigenvalue weighted by Gasteiger charge is 2.56. The van der Waals surface area contributed by atoms with Gasteiger partial charge in [-0.05, 0) is 48.4 Å². The molecule has 1 fully saturated rings. The number of ether oxygens (including phenoxy) is 1. The number of nitrogens with one attached hydrogen (secondary N) is 1. The third-order valence-electron chi connectivity index (χ3n) is 7.09. The Morgan fingerprint density at radius 3 is 2.52 bits per heavy atom. The van der Waals surface area contributed by atoms with Crippen molar-refractivity contribution >= 4 is 62.2 Å². The molecule has 3 aromatic carbocycles. The number of benzene rings is 3. The normalized spacial score (nSPS) is 19.9. The van der Waals surface area contributed by atoms with Crippen molar-refractivity contribution in [1.29, 1.82) is 0 Å². The number of H-pyrrole nitrogens is 1. The molecule has 3 heterocycles. The highest BCUT2D eigenvalue weighted by molar-refractivity contribution is 9.10. The van der Waals surface area contributed by atoms with E-state index in [1.54, 1.807) is 0 Å². The van der Waals surface area contributed by atoms with Gasteiger partial charge in [0.05, 0.1) is 21.6 Å². The summed E-state index contributed by atoms with van der Waals surface area (Å²) in [7, 11) is 0. The minimum absolute atomic E-state index is 0.142. The number of hydrogen-bond donors (Lipinski definition) is 1. The van der Waals surface area contributed by atoms with Crippen LogP contribution in [0.5, 0.6) is 5.75 Å². The van der Waals surface area contributed by atoms with Gasteiger partial charge >= 0.3 is 4.87 Å². The Bertz CT molecular complexity index is 1730. The van der Waals surface area contributed by atoms with E-state index in [-0.39, 0.29) is 16.2 Å². The summed E-state index contributed by atoms with van der Waals surface area (Å²) in [5.74, 6) is -1.77. The van der Waals surface area contributed by atoms with Crippen LogP contribution in [0.2, 0.25) is 0 Å². The quantitative estimate of drug-likeness (QED) is 0.161. The number of hydrogen-bond acceptors (Lipinski definition) is 8. The van der Waals surface area contributed by atoms with E-state index in [9.17, 15) is 24.5 Å². The molecule has 9 nitrogen and oxygen atoms in total. The molecule has 1 saturated heterocycles. The molecule has 2 amide bonds. The minimum atomic E-state index is -0.818. The monoisotopic (exact) mass is 637 g/mol. The van der Waals surface area contributed by atoms with Crippen molar-refractivity contribution in [3.05, 3.63) is 113 Å². The van der Waals surface area contributed by atoms with E-state index >= 15 is 0 Å². The van der Waals surface area contributed by atoms with E-state index in [0.29, 0.717) is 27.8 Å². The summed E-state index contributed by atoms with van der Waals surface area (Å²) in [4.78, 5) is 55.1. The van der Waals surface area contributed by atoms with Gasteiger partial charge in [0.15, 0.2) is 0 Å². The maximum atomic E-state index is 14.0. The molecule has 1 N–H and O–H groups in total. The number of carbonyl (C=O) groups is 2. The SMILES string of the molecule is Cc1ccccc1COc1ccc(Br)cc1[C@H]1c2sc(=O)[nH]c2SC2C(=O)N(c3ccc([N+](=O)[O-])cc3)C(=O)C21. The van der Waals surface area contributed by atoms with Crippen LogP contribution in [0.1, 0.15) is 27.5 Å². The number of thioether (sulfide) groups is 1. The number of aromatic amines is 1. The number of carbonyl (C=O) groups excluding carboxylic acids is 2. The third kappa shape index (κ3) is 4.55. The van der Waals surface area contributed by atoms with E-state index in [0.717, 1.165) is 31.8 Å². The van der Waals surface area contributed by atoms with Crippen LogP contribution in [0.15, 0.2) is 81.0 Å². The van der Waals surface area contributed by atoms with E-state index < -0.39 is 33.8 Å². The second kappa shape index (κ2) is 10.3. The lowest BCUT2D eigenvalue weighted by molar-refractivity contribution is -0.384. The van der Waals surface area contributed by atoms with Gasteiger partial charge in [-0.15, -0.1) is 0 Å². The molecule has 0 bridgehead atoms. The predicted molar refractivity (Wildman–Crippen MR) is 155 cm³/mol. The molecule has 1 aromatic heterocycles. The molecule has 3 atom stereocenters. The molecule has 2 unspecified atom stereocenters. The van der Waals surface area contributed by atoms with Crippen molar-refractivity contribution in [2.75, 3.05) is 4.90 Å². The first-order valence-electron chi connectivity index (χ1n) is 12.2. The Hall–Kier alpha value is -3.74. The van der Waals surface area contributed by atoms with Gasteiger partial charge in [-0.25, -0.2) is 4.90 Å². The molecule has 12 heteroatoms. The lowest BCUT2D eigenvalue weighted by atomic mass is 9.82. The van der Waals surface area contributed by atoms with Crippen LogP contribution in [0, 0.1) is 23.0 Å². The van der Waals surface area contributed by atoms with E-state index in [1.165, 1.54) is 36.0 Å². The summed E-state index contributed by atoms with van der Waals surface area (Å²) in [6, 6.07) is 18.7. The Balaban J connectivity index is 1.43. The van der Waals surface area contributed by atoms with Gasteiger partial charge in [0.2, 0.25) is 11.8 Å². The standard InChI is InChI=1S/C28H20BrN3O6S2/c1-14-4-2-3-5-15(14)13-38-20-11-6-16(29)12-19(20)21-22-24(39-25-23(21)40-28(35)30-25)27(34)31(26(22)33)17-7-9-18(10-8-17)32(36)37/h2-12,21-22,24H,13H2,1H3,(H,30,35)/t21-,22?,24?/m1/s1. The maximum absolute atomic E-state index is 14.0. The van der Waals surface area contributed by atoms with Crippen molar-refractivity contribution in [1.82, 2.24) is 4.98 Å². The number of rotatable bonds is 6. The summed E-state index contributed by atoms with van der Waals surface area (Å²) >= 11 is 5.73. The fourth-order valence-corrected chi connectivity index (χ4v) is 8.04. The largest absolute Gasteiger partial charge is 0.489 e. The van der Waals surface area contributed by atoms with Gasteiger partial charge in [-0.2, -0.15) is 0 Å². The number of nitro benzene ring substituents is 1. The number of amides is 2. The number of fused-ring (bicyclic) bond motifs is 2. The first kappa shape index (κ1) is 26.5. The molecule has 0 saturated carbocycles. The summed E-state index contributed by atoms with van der Waals surface area (Å²) in [6.07, 6.45) is 0. The molecule has 4 aromatic rings. The molecule has 2 aliphatic heterocycles. The predicted octanol–water partition coefficient (Wildman–Crippen LogP) is 5.79. The number of anilines is 1. The lowest BCUT2D eigenvalue weighted by Crippen LogP contribution is -2.32. The number of aryl methyl sites for hydroxylation is 1. The number of aromatic nitrogens is 1. The second-order valence-electron chi connectivity index (χ2n) is 9.43. The number of non-ortho nitro benzene ring substituents is 1. The van der Waals surface area contributed by atoms with Crippen LogP contribution < -0.4 is 14.5 Å². The van der Waals surface area contributed by atoms with E-state index in [4.69, 9.17) is 4.74 Å². The van der Waals surface area contributed by atoms with Crippen LogP contribution in [0.3, 0.4) is 0 Å². The number of nitro groups is 1. The summed E-state index contributed by atoms with van der Waals surface area (Å²) < 4.78 is 7.07. The number of nitrogens with zero attached hydrogens (tertiary/aromatic N) is 2. The molecular weight excluding hydrogens is 618 g/mol. The highest BCUT2D eigenvalue weighted by Crippen LogP contribution is 2.54. The van der Waals surface area contributed by atoms with Gasteiger partial charge in [0, 0.05) is 33.0 Å². The highest BCUT2D eigenvalue weighted by atomic mass is 79.9. The summed E-state index contributed by atoms with van der Waals surface area (Å²) in [6.45, 7) is 2.30. The second-order valence-corrected chi connectivity index (χ2v) is 12.5. The van der Waals surface area contributed by atoms with Gasteiger partial charge in [0.1, 0.15) is 17.6 Å². The van der Waals surface area contributed by atoms with Crippen molar-refractivity contribution in [3.8, 4) is 5.75 Å². The maximum Gasteiger partial charge on any atom is 0.305 e. The Labute approximate surface area is 244 Å². The fraction of sp³-hybridized carbons (Fsp3) is 0.179. The lowest BCUT2D eigenvalue weighted by Gasteiger charge is -2.31. The Morgan fingerprint density at radius 1 is 1.05 bits per heavy atom. The molecular formula is C28H20BrN3O6S2. The van der Waals surface area contributed by atoms with Crippen LogP contribution in [-0.4, -0.2) is 27.0 Å². The van der Waals surface area contributed by atoms with Crippen molar-refractivity contribution in [3.63, 3.8) is 0 Å². The zero-order valence-corrected chi connectivity index (χ0v) is 24.0. The molecule has 40 heavy (non-hydrogen) atoms. The molecule has 2 aliphatic rings. The Morgan fingerprint density at radius 2 is 1.80 bits per heavy atom. The zero-order valence-electron chi connectivity index (χ0n) is 20.8. The average Bonchev–Trinajstić information content (AvgIpc) is 3.43. The molecule has 0 radical (unpaired) electrons. The van der Waals surface area contributed by atoms with Gasteiger partial charge in [-0.1, -0.05) is 63.3 Å². The zero-order chi connectivity index (χ0) is 28.1. The number of thiazole rings is 1. The first-order valence-corrected chi connectivity index (χ1v) is 14.7. The molecule has 202 valence electrons. The van der Waals surface area contributed by atoms with Gasteiger partial charge in [-0.3, -0.25) is 24.5 Å². The van der Waals surface area contributed by atoms with Gasteiger partial charge in [0.25, 0.3) is 5.69 Å². The van der Waals surface area contributed by atoms with E-state index in [1.807, 2.05) is 49.4 Å². The Kier molecular flexibility index (Phi) is 6.85. The third-order valence-corrected chi connectivity index (χ3v) is 9.99. The van der Waals surface area contributed by atoms with Crippen molar-refractivity contribution < 1.29 is 19.2 Å². The van der Waals surface area contributed by atoms with Crippen LogP contribution in [-0.2, 0) is 16.2 Å². The van der Waals surface area contributed by atoms with E-state index in [2.05, 4.69) is 20.9 Å². The molecule has 6 rings (SSSR count). The molecule has 0 spiro atoms. The number of imide groups is 1. The van der Waals surface area contributed by atoms with Crippen LogP contribution in [0.4, 0.5) is 11.4 Å². The first-order chi connectivity index (χ1) is 19.2. The summed E-state index contributed by atoms with van der Waals surface area (Å²) in [5, 5.41) is 10.9. The average molecular weight is 639 g/mol. The van der Waals surface area contributed by atoms with Crippen LogP contribution in [0.25, 0.3) is 0 Å². The number of halogens is 1. The van der Waals surface area contributed by atoms with Gasteiger partial charge < -0.3 is 9.72 Å². The van der Waals surface area contributed by atoms with Crippen LogP contribution >= 0.6 is 39.0 Å². The summed E-state index contributed by atoms with van der Waals surface area (Å²) in [5.41, 5.74) is 2.89. The smallest absolute Gasteiger partial charge is 0.305 e. The van der Waals surface area contributed by atoms with Crippen molar-refractivity contribution in [2.45, 2.75) is 29.7 Å².